The summed E-state index contributed by atoms with van der Waals surface area (Å²) in [6.45, 7) is 7.47. The Bertz CT molecular complexity index is 136. The molecule has 3 nitrogen and oxygen atoms in total. The minimum Gasteiger partial charge on any atom is -0.375 e. The summed E-state index contributed by atoms with van der Waals surface area (Å²) in [4.78, 5) is 0. The number of ether oxygens (including phenoxy) is 3. The van der Waals surface area contributed by atoms with Crippen LogP contribution in [0.15, 0.2) is 12.7 Å². The summed E-state index contributed by atoms with van der Waals surface area (Å²) in [5, 5.41) is 0. The van der Waals surface area contributed by atoms with Gasteiger partial charge in [0.1, 0.15) is 0 Å². The van der Waals surface area contributed by atoms with Crippen molar-refractivity contribution in [3.63, 3.8) is 0 Å². The first kappa shape index (κ1) is 9.71. The Morgan fingerprint density at radius 3 is 3.17 bits per heavy atom. The minimum atomic E-state index is -0.0870. The molecule has 0 amide bonds. The highest BCUT2D eigenvalue weighted by molar-refractivity contribution is 4.66. The van der Waals surface area contributed by atoms with Gasteiger partial charge in [0.25, 0.3) is 0 Å². The average Bonchev–Trinajstić information content (AvgIpc) is 2.05. The summed E-state index contributed by atoms with van der Waals surface area (Å²) in [7, 11) is 0. The first-order valence-corrected chi connectivity index (χ1v) is 4.28. The quantitative estimate of drug-likeness (QED) is 0.473. The lowest BCUT2D eigenvalue weighted by Gasteiger charge is -2.27. The van der Waals surface area contributed by atoms with Crippen molar-refractivity contribution in [2.45, 2.75) is 25.7 Å². The fraction of sp³-hybridized carbons (Fsp3) is 0.778. The lowest BCUT2D eigenvalue weighted by Crippen LogP contribution is -2.33. The summed E-state index contributed by atoms with van der Waals surface area (Å²) in [6, 6.07) is 0. The van der Waals surface area contributed by atoms with E-state index in [0.717, 1.165) is 13.0 Å². The van der Waals surface area contributed by atoms with Gasteiger partial charge in [-0.25, -0.2) is 0 Å². The Hall–Kier alpha value is -0.380. The van der Waals surface area contributed by atoms with Gasteiger partial charge in [-0.05, 0) is 13.3 Å². The molecule has 1 aliphatic rings. The molecule has 1 saturated heterocycles. The fourth-order valence-electron chi connectivity index (χ4n) is 1.15. The van der Waals surface area contributed by atoms with Crippen molar-refractivity contribution in [3.8, 4) is 0 Å². The number of rotatable bonds is 4. The maximum atomic E-state index is 5.45. The van der Waals surface area contributed by atoms with Gasteiger partial charge in [0.15, 0.2) is 6.29 Å². The molecule has 12 heavy (non-hydrogen) atoms. The smallest absolute Gasteiger partial charge is 0.155 e. The Balaban J connectivity index is 2.09. The molecule has 1 fully saturated rings. The molecular weight excluding hydrogens is 156 g/mol. The second-order valence-corrected chi connectivity index (χ2v) is 2.81. The SMILES string of the molecule is C=CCOCC1CCOC(C)O1. The van der Waals surface area contributed by atoms with Gasteiger partial charge in [-0.2, -0.15) is 0 Å². The van der Waals surface area contributed by atoms with Crippen LogP contribution in [0, 0.1) is 0 Å². The first-order chi connectivity index (χ1) is 5.83. The molecular formula is C9H16O3. The van der Waals surface area contributed by atoms with Crippen LogP contribution in [0.1, 0.15) is 13.3 Å². The van der Waals surface area contributed by atoms with Gasteiger partial charge >= 0.3 is 0 Å². The summed E-state index contributed by atoms with van der Waals surface area (Å²) >= 11 is 0. The molecule has 1 heterocycles. The molecule has 0 aromatic heterocycles. The molecule has 0 aliphatic carbocycles. The fourth-order valence-corrected chi connectivity index (χ4v) is 1.15. The van der Waals surface area contributed by atoms with Crippen molar-refractivity contribution in [2.75, 3.05) is 19.8 Å². The topological polar surface area (TPSA) is 27.7 Å². The van der Waals surface area contributed by atoms with Gasteiger partial charge in [0, 0.05) is 0 Å². The van der Waals surface area contributed by atoms with Crippen LogP contribution in [0.2, 0.25) is 0 Å². The van der Waals surface area contributed by atoms with E-state index in [-0.39, 0.29) is 12.4 Å². The van der Waals surface area contributed by atoms with Crippen LogP contribution in [0.4, 0.5) is 0 Å². The molecule has 0 aromatic carbocycles. The molecule has 2 atom stereocenters. The van der Waals surface area contributed by atoms with Gasteiger partial charge in [-0.15, -0.1) is 6.58 Å². The van der Waals surface area contributed by atoms with E-state index in [1.165, 1.54) is 0 Å². The van der Waals surface area contributed by atoms with E-state index in [1.807, 2.05) is 6.92 Å². The Morgan fingerprint density at radius 2 is 2.50 bits per heavy atom. The van der Waals surface area contributed by atoms with E-state index in [1.54, 1.807) is 6.08 Å². The molecule has 0 radical (unpaired) electrons. The normalized spacial score (nSPS) is 30.1. The van der Waals surface area contributed by atoms with Gasteiger partial charge in [-0.1, -0.05) is 6.08 Å². The van der Waals surface area contributed by atoms with Crippen molar-refractivity contribution >= 4 is 0 Å². The van der Waals surface area contributed by atoms with Crippen molar-refractivity contribution in [2.24, 2.45) is 0 Å². The Kier molecular flexibility index (Phi) is 4.29. The Morgan fingerprint density at radius 1 is 1.67 bits per heavy atom. The molecule has 0 bridgehead atoms. The van der Waals surface area contributed by atoms with Crippen LogP contribution in [-0.4, -0.2) is 32.2 Å². The maximum absolute atomic E-state index is 5.45. The van der Waals surface area contributed by atoms with Crippen LogP contribution in [0.3, 0.4) is 0 Å². The third kappa shape index (κ3) is 3.34. The number of hydrogen-bond donors (Lipinski definition) is 0. The van der Waals surface area contributed by atoms with Gasteiger partial charge in [-0.3, -0.25) is 0 Å². The van der Waals surface area contributed by atoms with Crippen LogP contribution in [0.5, 0.6) is 0 Å². The summed E-state index contributed by atoms with van der Waals surface area (Å²) < 4.78 is 15.9. The number of hydrogen-bond acceptors (Lipinski definition) is 3. The van der Waals surface area contributed by atoms with E-state index in [2.05, 4.69) is 6.58 Å². The molecule has 1 aliphatic heterocycles. The highest BCUT2D eigenvalue weighted by atomic mass is 16.7. The first-order valence-electron chi connectivity index (χ1n) is 4.28. The summed E-state index contributed by atoms with van der Waals surface area (Å²) in [5.41, 5.74) is 0. The molecule has 0 N–H and O–H groups in total. The Labute approximate surface area is 73.3 Å². The summed E-state index contributed by atoms with van der Waals surface area (Å²) in [6.07, 6.45) is 2.76. The van der Waals surface area contributed by atoms with E-state index in [4.69, 9.17) is 14.2 Å². The zero-order valence-electron chi connectivity index (χ0n) is 7.49. The maximum Gasteiger partial charge on any atom is 0.155 e. The van der Waals surface area contributed by atoms with Gasteiger partial charge in [0.2, 0.25) is 0 Å². The van der Waals surface area contributed by atoms with Crippen molar-refractivity contribution < 1.29 is 14.2 Å². The van der Waals surface area contributed by atoms with Crippen molar-refractivity contribution in [3.05, 3.63) is 12.7 Å². The van der Waals surface area contributed by atoms with E-state index in [9.17, 15) is 0 Å². The van der Waals surface area contributed by atoms with Crippen molar-refractivity contribution in [1.29, 1.82) is 0 Å². The molecule has 70 valence electrons. The van der Waals surface area contributed by atoms with Crippen LogP contribution < -0.4 is 0 Å². The monoisotopic (exact) mass is 172 g/mol. The summed E-state index contributed by atoms with van der Waals surface area (Å²) in [5.74, 6) is 0. The zero-order valence-corrected chi connectivity index (χ0v) is 7.49. The third-order valence-electron chi connectivity index (χ3n) is 1.72. The predicted molar refractivity (Wildman–Crippen MR) is 45.9 cm³/mol. The predicted octanol–water partition coefficient (Wildman–Crippen LogP) is 1.34. The highest BCUT2D eigenvalue weighted by Gasteiger charge is 2.18. The van der Waals surface area contributed by atoms with Gasteiger partial charge in [0.05, 0.1) is 25.9 Å². The van der Waals surface area contributed by atoms with Crippen LogP contribution in [0.25, 0.3) is 0 Å². The standard InChI is InChI=1S/C9H16O3/c1-3-5-10-7-9-4-6-11-8(2)12-9/h3,8-9H,1,4-7H2,2H3. The van der Waals surface area contributed by atoms with E-state index < -0.39 is 0 Å². The third-order valence-corrected chi connectivity index (χ3v) is 1.72. The van der Waals surface area contributed by atoms with E-state index in [0.29, 0.717) is 13.2 Å². The van der Waals surface area contributed by atoms with E-state index >= 15 is 0 Å². The van der Waals surface area contributed by atoms with Gasteiger partial charge < -0.3 is 14.2 Å². The second-order valence-electron chi connectivity index (χ2n) is 2.81. The zero-order chi connectivity index (χ0) is 8.81. The molecule has 3 heteroatoms. The molecule has 0 aromatic rings. The molecule has 0 saturated carbocycles. The lowest BCUT2D eigenvalue weighted by atomic mass is 10.2. The minimum absolute atomic E-state index is 0.0870. The van der Waals surface area contributed by atoms with Crippen LogP contribution in [-0.2, 0) is 14.2 Å². The second kappa shape index (κ2) is 5.30. The molecule has 0 spiro atoms. The highest BCUT2D eigenvalue weighted by Crippen LogP contribution is 2.11. The van der Waals surface area contributed by atoms with Crippen molar-refractivity contribution in [1.82, 2.24) is 0 Å². The largest absolute Gasteiger partial charge is 0.375 e. The van der Waals surface area contributed by atoms with Crippen LogP contribution >= 0.6 is 0 Å². The molecule has 2 unspecified atom stereocenters. The average molecular weight is 172 g/mol. The lowest BCUT2D eigenvalue weighted by molar-refractivity contribution is -0.212. The molecule has 1 rings (SSSR count).